The number of hydrogen-bond acceptors (Lipinski definition) is 4. The highest BCUT2D eigenvalue weighted by Gasteiger charge is 2.29. The highest BCUT2D eigenvalue weighted by atomic mass is 32.2. The van der Waals surface area contributed by atoms with Crippen molar-refractivity contribution in [3.8, 4) is 5.75 Å². The minimum Gasteiger partial charge on any atom is -0.494 e. The minimum atomic E-state index is -4.41. The maximum absolute atomic E-state index is 12.6. The van der Waals surface area contributed by atoms with Gasteiger partial charge in [-0.3, -0.25) is 9.59 Å². The van der Waals surface area contributed by atoms with Crippen LogP contribution in [0.5, 0.6) is 5.75 Å². The summed E-state index contributed by atoms with van der Waals surface area (Å²) in [6, 6.07) is 9.45. The van der Waals surface area contributed by atoms with Crippen molar-refractivity contribution in [2.75, 3.05) is 17.7 Å². The zero-order valence-corrected chi connectivity index (χ0v) is 16.2. The number of anilines is 1. The average molecular weight is 411 g/mol. The molecule has 0 spiro atoms. The topological polar surface area (TPSA) is 55.4 Å². The number of ketones is 1. The molecule has 4 nitrogen and oxygen atoms in total. The number of thioether (sulfide) groups is 1. The number of Topliss-reactive ketones (excluding diaryl/α,β-unsaturated/α-hetero) is 1. The number of carbonyl (C=O) groups excluding carboxylic acids is 2. The van der Waals surface area contributed by atoms with Crippen LogP contribution in [-0.2, 0) is 16.7 Å². The molecule has 1 N–H and O–H groups in total. The summed E-state index contributed by atoms with van der Waals surface area (Å²) in [7, 11) is 0. The third-order valence-electron chi connectivity index (χ3n) is 3.75. The fourth-order valence-electron chi connectivity index (χ4n) is 2.40. The molecule has 0 unspecified atom stereocenters. The molecule has 0 saturated carbocycles. The van der Waals surface area contributed by atoms with Crippen LogP contribution in [0.1, 0.15) is 35.3 Å². The fourth-order valence-corrected chi connectivity index (χ4v) is 3.21. The molecule has 0 radical (unpaired) electrons. The molecule has 1 amide bonds. The highest BCUT2D eigenvalue weighted by molar-refractivity contribution is 7.99. The van der Waals surface area contributed by atoms with Gasteiger partial charge in [-0.15, -0.1) is 11.8 Å². The van der Waals surface area contributed by atoms with E-state index in [1.807, 2.05) is 6.92 Å². The Morgan fingerprint density at radius 2 is 1.79 bits per heavy atom. The molecule has 28 heavy (non-hydrogen) atoms. The first-order chi connectivity index (χ1) is 13.2. The summed E-state index contributed by atoms with van der Waals surface area (Å²) in [6.07, 6.45) is -4.41. The third-order valence-corrected chi connectivity index (χ3v) is 4.74. The molecule has 0 heterocycles. The van der Waals surface area contributed by atoms with Gasteiger partial charge in [-0.2, -0.15) is 13.2 Å². The molecule has 2 aromatic carbocycles. The van der Waals surface area contributed by atoms with Crippen LogP contribution in [0.4, 0.5) is 18.9 Å². The average Bonchev–Trinajstić information content (AvgIpc) is 2.62. The molecular weight excluding hydrogens is 391 g/mol. The largest absolute Gasteiger partial charge is 0.494 e. The maximum atomic E-state index is 12.6. The van der Waals surface area contributed by atoms with Gasteiger partial charge in [0.15, 0.2) is 5.78 Å². The molecule has 150 valence electrons. The van der Waals surface area contributed by atoms with Crippen LogP contribution < -0.4 is 10.1 Å². The Hall–Kier alpha value is -2.48. The van der Waals surface area contributed by atoms with Crippen LogP contribution >= 0.6 is 11.8 Å². The number of halogens is 3. The van der Waals surface area contributed by atoms with Gasteiger partial charge in [-0.1, -0.05) is 0 Å². The molecule has 0 aromatic heterocycles. The number of carbonyl (C=O) groups is 2. The van der Waals surface area contributed by atoms with E-state index in [1.165, 1.54) is 30.8 Å². The molecule has 2 rings (SSSR count). The number of hydrogen-bond donors (Lipinski definition) is 1. The van der Waals surface area contributed by atoms with E-state index in [-0.39, 0.29) is 17.4 Å². The van der Waals surface area contributed by atoms with Crippen molar-refractivity contribution in [1.29, 1.82) is 0 Å². The summed E-state index contributed by atoms with van der Waals surface area (Å²) >= 11 is 1.32. The number of amides is 1. The molecule has 0 saturated heterocycles. The Kier molecular flexibility index (Phi) is 7.51. The van der Waals surface area contributed by atoms with Crippen LogP contribution in [-0.4, -0.2) is 24.1 Å². The van der Waals surface area contributed by atoms with Gasteiger partial charge in [-0.05, 0) is 56.3 Å². The van der Waals surface area contributed by atoms with E-state index in [2.05, 4.69) is 5.32 Å². The molecule has 0 aliphatic rings. The van der Waals surface area contributed by atoms with Crippen LogP contribution in [0.25, 0.3) is 0 Å². The number of alkyl halides is 3. The SMILES string of the molecule is CCOc1ccc(C(C)=O)cc1CSCC(=O)Nc1ccc(C(F)(F)F)cc1. The zero-order chi connectivity index (χ0) is 20.7. The lowest BCUT2D eigenvalue weighted by atomic mass is 10.1. The lowest BCUT2D eigenvalue weighted by Gasteiger charge is -2.12. The monoisotopic (exact) mass is 411 g/mol. The summed E-state index contributed by atoms with van der Waals surface area (Å²) in [5.41, 5.74) is 0.899. The summed E-state index contributed by atoms with van der Waals surface area (Å²) in [4.78, 5) is 23.6. The zero-order valence-electron chi connectivity index (χ0n) is 15.4. The molecule has 0 aliphatic carbocycles. The number of rotatable bonds is 8. The molecule has 0 bridgehead atoms. The molecule has 8 heteroatoms. The second-order valence-electron chi connectivity index (χ2n) is 5.93. The Morgan fingerprint density at radius 3 is 2.36 bits per heavy atom. The summed E-state index contributed by atoms with van der Waals surface area (Å²) in [6.45, 7) is 3.81. The second kappa shape index (κ2) is 9.64. The van der Waals surface area contributed by atoms with Crippen molar-refractivity contribution < 1.29 is 27.5 Å². The summed E-state index contributed by atoms with van der Waals surface area (Å²) in [5.74, 6) is 0.830. The lowest BCUT2D eigenvalue weighted by molar-refractivity contribution is -0.137. The van der Waals surface area contributed by atoms with Crippen molar-refractivity contribution in [2.24, 2.45) is 0 Å². The van der Waals surface area contributed by atoms with Gasteiger partial charge in [-0.25, -0.2) is 0 Å². The van der Waals surface area contributed by atoms with Gasteiger partial charge >= 0.3 is 6.18 Å². The Balaban J connectivity index is 1.93. The Morgan fingerprint density at radius 1 is 1.11 bits per heavy atom. The van der Waals surface area contributed by atoms with Crippen molar-refractivity contribution >= 4 is 29.1 Å². The van der Waals surface area contributed by atoms with E-state index in [0.717, 1.165) is 17.7 Å². The second-order valence-corrected chi connectivity index (χ2v) is 6.91. The van der Waals surface area contributed by atoms with Gasteiger partial charge in [0.1, 0.15) is 5.75 Å². The standard InChI is InChI=1S/C20H20F3NO3S/c1-3-27-18-9-4-14(13(2)25)10-15(18)11-28-12-19(26)24-17-7-5-16(6-8-17)20(21,22)23/h4-10H,3,11-12H2,1-2H3,(H,24,26). The van der Waals surface area contributed by atoms with Gasteiger partial charge in [0.2, 0.25) is 5.91 Å². The highest BCUT2D eigenvalue weighted by Crippen LogP contribution is 2.30. The molecule has 2 aromatic rings. The van der Waals surface area contributed by atoms with E-state index in [9.17, 15) is 22.8 Å². The van der Waals surface area contributed by atoms with E-state index >= 15 is 0 Å². The first-order valence-electron chi connectivity index (χ1n) is 8.52. The van der Waals surface area contributed by atoms with Crippen molar-refractivity contribution in [3.05, 3.63) is 59.2 Å². The van der Waals surface area contributed by atoms with E-state index in [0.29, 0.717) is 29.4 Å². The van der Waals surface area contributed by atoms with E-state index < -0.39 is 11.7 Å². The van der Waals surface area contributed by atoms with E-state index in [4.69, 9.17) is 4.74 Å². The normalized spacial score (nSPS) is 11.2. The maximum Gasteiger partial charge on any atom is 0.416 e. The first kappa shape index (κ1) is 21.8. The van der Waals surface area contributed by atoms with Crippen LogP contribution in [0.3, 0.4) is 0 Å². The fraction of sp³-hybridized carbons (Fsp3) is 0.300. The Labute approximate surface area is 165 Å². The predicted molar refractivity (Wildman–Crippen MR) is 104 cm³/mol. The third kappa shape index (κ3) is 6.30. The molecular formula is C20H20F3NO3S. The predicted octanol–water partition coefficient (Wildman–Crippen LogP) is 5.18. The summed E-state index contributed by atoms with van der Waals surface area (Å²) < 4.78 is 43.2. The minimum absolute atomic E-state index is 0.0608. The lowest BCUT2D eigenvalue weighted by Crippen LogP contribution is -2.14. The van der Waals surface area contributed by atoms with Crippen LogP contribution in [0, 0.1) is 0 Å². The molecule has 0 fully saturated rings. The van der Waals surface area contributed by atoms with Gasteiger partial charge in [0, 0.05) is 22.6 Å². The molecule has 0 atom stereocenters. The number of nitrogens with one attached hydrogen (secondary N) is 1. The van der Waals surface area contributed by atoms with Crippen molar-refractivity contribution in [3.63, 3.8) is 0 Å². The van der Waals surface area contributed by atoms with Gasteiger partial charge < -0.3 is 10.1 Å². The van der Waals surface area contributed by atoms with Crippen molar-refractivity contribution in [2.45, 2.75) is 25.8 Å². The van der Waals surface area contributed by atoms with Crippen LogP contribution in [0.2, 0.25) is 0 Å². The van der Waals surface area contributed by atoms with Crippen molar-refractivity contribution in [1.82, 2.24) is 0 Å². The number of ether oxygens (including phenoxy) is 1. The Bertz CT molecular complexity index is 836. The van der Waals surface area contributed by atoms with Gasteiger partial charge in [0.05, 0.1) is 17.9 Å². The first-order valence-corrected chi connectivity index (χ1v) is 9.67. The summed E-state index contributed by atoms with van der Waals surface area (Å²) in [5, 5.41) is 2.56. The van der Waals surface area contributed by atoms with E-state index in [1.54, 1.807) is 18.2 Å². The number of benzene rings is 2. The smallest absolute Gasteiger partial charge is 0.416 e. The van der Waals surface area contributed by atoms with Gasteiger partial charge in [0.25, 0.3) is 0 Å². The van der Waals surface area contributed by atoms with Crippen LogP contribution in [0.15, 0.2) is 42.5 Å². The quantitative estimate of drug-likeness (QED) is 0.608. The molecule has 0 aliphatic heterocycles.